The summed E-state index contributed by atoms with van der Waals surface area (Å²) in [5, 5.41) is 15.9. The molecule has 10 heteroatoms. The third-order valence-electron chi connectivity index (χ3n) is 15.5. The third kappa shape index (κ3) is 8.21. The number of rotatable bonds is 6. The molecule has 0 radical (unpaired) electrons. The van der Waals surface area contributed by atoms with Gasteiger partial charge in [0.05, 0.1) is 31.5 Å². The molecule has 11 rings (SSSR count). The average Bonchev–Trinajstić information content (AvgIpc) is 3.88. The number of nitrogens with zero attached hydrogens (tertiary/aromatic N) is 2. The second-order valence-corrected chi connectivity index (χ2v) is 19.3. The number of phenolic OH excluding ortho intramolecular Hbond substituents is 1. The van der Waals surface area contributed by atoms with Gasteiger partial charge in [0.25, 0.3) is 5.91 Å². The molecule has 0 aromatic heterocycles. The fraction of sp³-hybridized carbons (Fsp3) is 0.472. The Morgan fingerprint density at radius 2 is 1.67 bits per heavy atom. The molecule has 3 unspecified atom stereocenters. The minimum absolute atomic E-state index is 0.00203. The maximum atomic E-state index is 12.5. The molecule has 330 valence electrons. The highest BCUT2D eigenvalue weighted by Gasteiger charge is 2.47. The number of nitrogens with one attached hydrogen (secondary N) is 2. The third-order valence-corrected chi connectivity index (χ3v) is 15.5. The van der Waals surface area contributed by atoms with Crippen LogP contribution in [0.3, 0.4) is 0 Å². The summed E-state index contributed by atoms with van der Waals surface area (Å²) in [6.07, 6.45) is 11.3. The van der Waals surface area contributed by atoms with Crippen molar-refractivity contribution in [3.8, 4) is 17.2 Å². The van der Waals surface area contributed by atoms with E-state index in [1.807, 2.05) is 12.1 Å². The maximum absolute atomic E-state index is 12.5. The smallest absolute Gasteiger partial charge is 0.255 e. The molecule has 4 saturated heterocycles. The summed E-state index contributed by atoms with van der Waals surface area (Å²) in [5.41, 5.74) is 10.4. The summed E-state index contributed by atoms with van der Waals surface area (Å²) in [6, 6.07) is 28.4. The second kappa shape index (κ2) is 17.3. The number of hydrogen-bond donors (Lipinski definition) is 3. The van der Waals surface area contributed by atoms with Crippen molar-refractivity contribution in [2.75, 3.05) is 57.9 Å². The Morgan fingerprint density at radius 1 is 0.873 bits per heavy atom. The van der Waals surface area contributed by atoms with Gasteiger partial charge in [0.1, 0.15) is 17.2 Å². The quantitative estimate of drug-likeness (QED) is 0.177. The normalized spacial score (nSPS) is 24.6. The lowest BCUT2D eigenvalue weighted by Crippen LogP contribution is -2.51. The van der Waals surface area contributed by atoms with Gasteiger partial charge in [-0.25, -0.2) is 0 Å². The van der Waals surface area contributed by atoms with Crippen LogP contribution in [0.15, 0.2) is 91.1 Å². The van der Waals surface area contributed by atoms with Gasteiger partial charge in [0, 0.05) is 66.4 Å². The molecule has 4 aromatic carbocycles. The molecule has 4 fully saturated rings. The summed E-state index contributed by atoms with van der Waals surface area (Å²) >= 11 is 0. The van der Waals surface area contributed by atoms with Crippen LogP contribution in [0.2, 0.25) is 0 Å². The van der Waals surface area contributed by atoms with E-state index in [0.717, 1.165) is 114 Å². The van der Waals surface area contributed by atoms with Crippen molar-refractivity contribution in [3.63, 3.8) is 0 Å². The minimum Gasteiger partial charge on any atom is -0.508 e. The SMILES string of the molecule is C=C1CCCC(=O)N1.COc1cc2c(c3c1C(=O)NC3)OCC21CCN(CC2CCC3(CCN(c4ccc(C5c6ccc(O)cc6CCC5c5ccccc5)cc4)CC3)OC2)CC1. The molecule has 3 N–H and O–H groups in total. The number of aromatic hydroxyl groups is 1. The molecule has 0 saturated carbocycles. The van der Waals surface area contributed by atoms with E-state index in [9.17, 15) is 14.7 Å². The van der Waals surface area contributed by atoms with Crippen LogP contribution < -0.4 is 25.0 Å². The predicted molar refractivity (Wildman–Crippen MR) is 245 cm³/mol. The van der Waals surface area contributed by atoms with E-state index in [0.29, 0.717) is 48.5 Å². The highest BCUT2D eigenvalue weighted by Crippen LogP contribution is 2.52. The van der Waals surface area contributed by atoms with Crippen molar-refractivity contribution in [2.24, 2.45) is 5.92 Å². The summed E-state index contributed by atoms with van der Waals surface area (Å²) in [4.78, 5) is 28.2. The zero-order valence-corrected chi connectivity index (χ0v) is 36.8. The van der Waals surface area contributed by atoms with Gasteiger partial charge in [-0.3, -0.25) is 9.59 Å². The second-order valence-electron chi connectivity index (χ2n) is 19.3. The van der Waals surface area contributed by atoms with Gasteiger partial charge in [-0.1, -0.05) is 55.1 Å². The molecule has 3 atom stereocenters. The van der Waals surface area contributed by atoms with E-state index in [-0.39, 0.29) is 28.7 Å². The van der Waals surface area contributed by atoms with Crippen molar-refractivity contribution >= 4 is 17.5 Å². The summed E-state index contributed by atoms with van der Waals surface area (Å²) in [5.74, 6) is 3.25. The molecule has 4 aromatic rings. The number of piperidine rings is 3. The average molecular weight is 851 g/mol. The Morgan fingerprint density at radius 3 is 2.37 bits per heavy atom. The number of anilines is 1. The van der Waals surface area contributed by atoms with E-state index in [2.05, 4.69) is 93.7 Å². The van der Waals surface area contributed by atoms with Gasteiger partial charge in [0.15, 0.2) is 0 Å². The van der Waals surface area contributed by atoms with Crippen molar-refractivity contribution in [1.29, 1.82) is 0 Å². The molecule has 7 aliphatic rings. The zero-order chi connectivity index (χ0) is 43.1. The molecule has 2 amide bonds. The number of carbonyl (C=O) groups is 2. The van der Waals surface area contributed by atoms with Gasteiger partial charge in [-0.2, -0.15) is 0 Å². The van der Waals surface area contributed by atoms with Crippen LogP contribution in [-0.4, -0.2) is 80.5 Å². The van der Waals surface area contributed by atoms with Crippen LogP contribution >= 0.6 is 0 Å². The summed E-state index contributed by atoms with van der Waals surface area (Å²) in [6.45, 7) is 11.0. The number of amides is 2. The lowest BCUT2D eigenvalue weighted by Gasteiger charge is -2.47. The van der Waals surface area contributed by atoms with Crippen LogP contribution in [0.4, 0.5) is 5.69 Å². The van der Waals surface area contributed by atoms with Crippen LogP contribution in [-0.2, 0) is 27.9 Å². The Balaban J connectivity index is 0.000000533. The van der Waals surface area contributed by atoms with Crippen molar-refractivity contribution in [3.05, 3.63) is 130 Å². The molecule has 10 nitrogen and oxygen atoms in total. The summed E-state index contributed by atoms with van der Waals surface area (Å²) in [7, 11) is 1.66. The molecule has 0 bridgehead atoms. The van der Waals surface area contributed by atoms with E-state index >= 15 is 0 Å². The highest BCUT2D eigenvalue weighted by molar-refractivity contribution is 6.02. The number of benzene rings is 4. The Labute approximate surface area is 372 Å². The van der Waals surface area contributed by atoms with Crippen LogP contribution in [0.25, 0.3) is 0 Å². The van der Waals surface area contributed by atoms with E-state index in [4.69, 9.17) is 14.2 Å². The topological polar surface area (TPSA) is 113 Å². The van der Waals surface area contributed by atoms with Crippen molar-refractivity contribution in [2.45, 2.75) is 100 Å². The number of phenols is 1. The molecule has 6 heterocycles. The van der Waals surface area contributed by atoms with Crippen molar-refractivity contribution in [1.82, 2.24) is 15.5 Å². The van der Waals surface area contributed by atoms with E-state index in [1.165, 1.54) is 39.9 Å². The number of likely N-dealkylation sites (tertiary alicyclic amines) is 1. The zero-order valence-electron chi connectivity index (χ0n) is 36.8. The fourth-order valence-corrected chi connectivity index (χ4v) is 11.9. The van der Waals surface area contributed by atoms with Gasteiger partial charge in [0.2, 0.25) is 5.91 Å². The molecule has 1 aliphatic carbocycles. The van der Waals surface area contributed by atoms with Crippen LogP contribution in [0, 0.1) is 5.92 Å². The lowest BCUT2D eigenvalue weighted by molar-refractivity contribution is -0.121. The number of aryl methyl sites for hydroxylation is 1. The first-order chi connectivity index (χ1) is 30.7. The molecule has 63 heavy (non-hydrogen) atoms. The minimum atomic E-state index is -0.0656. The Bertz CT molecular complexity index is 2320. The highest BCUT2D eigenvalue weighted by atomic mass is 16.5. The number of fused-ring (bicyclic) bond motifs is 5. The van der Waals surface area contributed by atoms with Crippen LogP contribution in [0.1, 0.15) is 120 Å². The van der Waals surface area contributed by atoms with Crippen LogP contribution in [0.5, 0.6) is 17.2 Å². The first-order valence-corrected chi connectivity index (χ1v) is 23.4. The summed E-state index contributed by atoms with van der Waals surface area (Å²) < 4.78 is 18.8. The standard InChI is InChI=1S/C47H53N3O5.C6H9NO/c1-53-41-26-40-44(39-27-48-45(52)43(39)41)54-30-46(40)17-21-49(22-18-46)28-31-15-16-47(55-29-31)19-23-50(24-20-47)35-10-7-33(8-11-35)42-37(32-5-3-2-4-6-32)13-9-34-25-36(51)12-14-38(34)42;1-5-3-2-4-6(8)7-5/h2-8,10-12,14,25-26,31,37,42,51H,9,13,15-24,27-30H2,1H3,(H,48,52);1-4H2,(H,7,8). The van der Waals surface area contributed by atoms with Crippen molar-refractivity contribution < 1.29 is 28.9 Å². The maximum Gasteiger partial charge on any atom is 0.255 e. The number of ether oxygens (including phenoxy) is 3. The first kappa shape index (κ1) is 41.7. The number of carbonyl (C=O) groups excluding carboxylic acids is 2. The van der Waals surface area contributed by atoms with Gasteiger partial charge in [-0.05, 0) is 142 Å². The number of methoxy groups -OCH3 is 1. The lowest BCUT2D eigenvalue weighted by atomic mass is 9.69. The fourth-order valence-electron chi connectivity index (χ4n) is 11.9. The van der Waals surface area contributed by atoms with E-state index < -0.39 is 0 Å². The van der Waals surface area contributed by atoms with Gasteiger partial charge in [-0.15, -0.1) is 0 Å². The van der Waals surface area contributed by atoms with Gasteiger partial charge >= 0.3 is 0 Å². The Kier molecular flexibility index (Phi) is 11.5. The molecular weight excluding hydrogens is 789 g/mol. The number of hydrogen-bond acceptors (Lipinski definition) is 8. The first-order valence-electron chi connectivity index (χ1n) is 23.4. The number of allylic oxidation sites excluding steroid dienone is 1. The molecule has 6 aliphatic heterocycles. The largest absolute Gasteiger partial charge is 0.508 e. The molecular formula is C53H62N4O6. The predicted octanol–water partition coefficient (Wildman–Crippen LogP) is 8.50. The van der Waals surface area contributed by atoms with E-state index in [1.54, 1.807) is 7.11 Å². The van der Waals surface area contributed by atoms with Gasteiger partial charge < -0.3 is 39.8 Å². The Hall–Kier alpha value is -5.32. The molecule has 2 spiro atoms. The monoisotopic (exact) mass is 850 g/mol.